The monoisotopic (exact) mass is 496 g/mol. The van der Waals surface area contributed by atoms with E-state index in [-0.39, 0.29) is 28.4 Å². The first-order valence-electron chi connectivity index (χ1n) is 11.0. The van der Waals surface area contributed by atoms with Gasteiger partial charge in [-0.15, -0.1) is 11.3 Å². The second kappa shape index (κ2) is 9.21. The Kier molecular flexibility index (Phi) is 6.11. The van der Waals surface area contributed by atoms with Crippen molar-refractivity contribution in [1.82, 2.24) is 9.62 Å². The molecule has 176 valence electrons. The standard InChI is InChI=1S/C24H24N4O4S2/c29-23(25-18-5-7-19(8-6-18)26-24(30)27-20-9-10-20)22-21(12-14-33-22)34(31,32)28-13-11-16-3-1-2-4-17(16)15-28/h1-8,12,14,20H,9-11,13,15H2,(H,25,29)(H2,26,27,30). The first-order valence-corrected chi connectivity index (χ1v) is 13.4. The van der Waals surface area contributed by atoms with Crippen molar-refractivity contribution in [2.24, 2.45) is 0 Å². The molecule has 3 amide bonds. The van der Waals surface area contributed by atoms with E-state index < -0.39 is 15.9 Å². The van der Waals surface area contributed by atoms with Gasteiger partial charge in [-0.3, -0.25) is 4.79 Å². The second-order valence-corrected chi connectivity index (χ2v) is 11.2. The zero-order valence-corrected chi connectivity index (χ0v) is 19.9. The topological polar surface area (TPSA) is 108 Å². The van der Waals surface area contributed by atoms with Crippen LogP contribution in [0.15, 0.2) is 64.9 Å². The van der Waals surface area contributed by atoms with Crippen LogP contribution in [0.3, 0.4) is 0 Å². The zero-order valence-electron chi connectivity index (χ0n) is 18.3. The molecule has 0 bridgehead atoms. The van der Waals surface area contributed by atoms with Crippen molar-refractivity contribution >= 4 is 44.7 Å². The van der Waals surface area contributed by atoms with Crippen LogP contribution in [0.1, 0.15) is 33.6 Å². The minimum Gasteiger partial charge on any atom is -0.335 e. The summed E-state index contributed by atoms with van der Waals surface area (Å²) in [4.78, 5) is 25.0. The summed E-state index contributed by atoms with van der Waals surface area (Å²) in [6, 6.07) is 16.0. The SMILES string of the molecule is O=C(Nc1ccc(NC(=O)c2sccc2S(=O)(=O)N2CCc3ccccc3C2)cc1)NC1CC1. The Hall–Kier alpha value is -3.21. The van der Waals surface area contributed by atoms with E-state index in [4.69, 9.17) is 0 Å². The predicted molar refractivity (Wildman–Crippen MR) is 132 cm³/mol. The number of nitrogens with one attached hydrogen (secondary N) is 3. The summed E-state index contributed by atoms with van der Waals surface area (Å²) < 4.78 is 28.2. The molecule has 1 saturated carbocycles. The lowest BCUT2D eigenvalue weighted by Gasteiger charge is -2.28. The number of carbonyl (C=O) groups excluding carboxylic acids is 2. The van der Waals surface area contributed by atoms with E-state index in [1.54, 1.807) is 29.6 Å². The van der Waals surface area contributed by atoms with Gasteiger partial charge in [0.25, 0.3) is 5.91 Å². The van der Waals surface area contributed by atoms with E-state index in [0.717, 1.165) is 35.3 Å². The third kappa shape index (κ3) is 4.84. The molecule has 0 radical (unpaired) electrons. The van der Waals surface area contributed by atoms with Crippen LogP contribution < -0.4 is 16.0 Å². The van der Waals surface area contributed by atoms with Gasteiger partial charge in [-0.05, 0) is 66.1 Å². The van der Waals surface area contributed by atoms with Gasteiger partial charge in [0, 0.05) is 30.5 Å². The van der Waals surface area contributed by atoms with Gasteiger partial charge in [0.1, 0.15) is 9.77 Å². The van der Waals surface area contributed by atoms with Crippen molar-refractivity contribution in [2.45, 2.75) is 36.7 Å². The number of amides is 3. The van der Waals surface area contributed by atoms with Crippen LogP contribution in [-0.2, 0) is 23.0 Å². The number of hydrogen-bond acceptors (Lipinski definition) is 5. The van der Waals surface area contributed by atoms with Gasteiger partial charge >= 0.3 is 6.03 Å². The number of benzene rings is 2. The summed E-state index contributed by atoms with van der Waals surface area (Å²) in [5, 5.41) is 9.96. The number of hydrogen-bond donors (Lipinski definition) is 3. The molecule has 3 aromatic rings. The molecule has 5 rings (SSSR count). The molecule has 0 atom stereocenters. The minimum absolute atomic E-state index is 0.0180. The van der Waals surface area contributed by atoms with Crippen LogP contribution in [0.5, 0.6) is 0 Å². The molecule has 1 aromatic heterocycles. The van der Waals surface area contributed by atoms with Crippen molar-refractivity contribution in [3.05, 3.63) is 76.0 Å². The summed E-state index contributed by atoms with van der Waals surface area (Å²) in [5.41, 5.74) is 3.24. The van der Waals surface area contributed by atoms with Crippen molar-refractivity contribution in [1.29, 1.82) is 0 Å². The van der Waals surface area contributed by atoms with Gasteiger partial charge in [0.15, 0.2) is 0 Å². The summed E-state index contributed by atoms with van der Waals surface area (Å²) in [5.74, 6) is -0.488. The molecule has 1 aliphatic heterocycles. The number of nitrogens with zero attached hydrogens (tertiary/aromatic N) is 1. The maximum absolute atomic E-state index is 13.4. The number of fused-ring (bicyclic) bond motifs is 1. The molecule has 0 unspecified atom stereocenters. The fourth-order valence-electron chi connectivity index (χ4n) is 3.89. The second-order valence-electron chi connectivity index (χ2n) is 8.38. The average molecular weight is 497 g/mol. The van der Waals surface area contributed by atoms with Crippen LogP contribution in [0, 0.1) is 0 Å². The molecule has 2 aromatic carbocycles. The van der Waals surface area contributed by atoms with Crippen molar-refractivity contribution in [3.8, 4) is 0 Å². The molecule has 0 spiro atoms. The number of sulfonamides is 1. The highest BCUT2D eigenvalue weighted by Crippen LogP contribution is 2.30. The van der Waals surface area contributed by atoms with Crippen LogP contribution in [-0.4, -0.2) is 37.2 Å². The van der Waals surface area contributed by atoms with Gasteiger partial charge in [-0.2, -0.15) is 4.31 Å². The number of thiophene rings is 1. The van der Waals surface area contributed by atoms with Gasteiger partial charge in [0.2, 0.25) is 10.0 Å². The molecule has 2 heterocycles. The van der Waals surface area contributed by atoms with Gasteiger partial charge in [0.05, 0.1) is 0 Å². The maximum atomic E-state index is 13.4. The Morgan fingerprint density at radius 1 is 0.912 bits per heavy atom. The molecule has 0 saturated heterocycles. The Balaban J connectivity index is 1.27. The van der Waals surface area contributed by atoms with Crippen molar-refractivity contribution in [2.75, 3.05) is 17.2 Å². The lowest BCUT2D eigenvalue weighted by atomic mass is 10.0. The Labute approximate surface area is 202 Å². The number of carbonyl (C=O) groups is 2. The summed E-state index contributed by atoms with van der Waals surface area (Å²) in [6.07, 6.45) is 2.65. The predicted octanol–water partition coefficient (Wildman–Crippen LogP) is 4.03. The molecule has 10 heteroatoms. The average Bonchev–Trinajstić information content (AvgIpc) is 3.49. The van der Waals surface area contributed by atoms with Crippen molar-refractivity contribution in [3.63, 3.8) is 0 Å². The summed E-state index contributed by atoms with van der Waals surface area (Å²) in [7, 11) is -3.83. The Bertz CT molecular complexity index is 1330. The van der Waals surface area contributed by atoms with Crippen LogP contribution >= 0.6 is 11.3 Å². The normalized spacial score (nSPS) is 15.9. The number of anilines is 2. The molecular formula is C24H24N4O4S2. The molecule has 1 fully saturated rings. The van der Waals surface area contributed by atoms with E-state index in [2.05, 4.69) is 16.0 Å². The first-order chi connectivity index (χ1) is 16.4. The highest BCUT2D eigenvalue weighted by molar-refractivity contribution is 7.89. The smallest absolute Gasteiger partial charge is 0.319 e. The fraction of sp³-hybridized carbons (Fsp3) is 0.250. The summed E-state index contributed by atoms with van der Waals surface area (Å²) in [6.45, 7) is 0.664. The lowest BCUT2D eigenvalue weighted by Crippen LogP contribution is -2.36. The quantitative estimate of drug-likeness (QED) is 0.479. The first kappa shape index (κ1) is 22.6. The number of rotatable bonds is 6. The highest BCUT2D eigenvalue weighted by atomic mass is 32.2. The van der Waals surface area contributed by atoms with E-state index in [1.165, 1.54) is 10.4 Å². The molecule has 8 nitrogen and oxygen atoms in total. The molecule has 1 aliphatic carbocycles. The third-order valence-electron chi connectivity index (χ3n) is 5.86. The van der Waals surface area contributed by atoms with Gasteiger partial charge < -0.3 is 16.0 Å². The Morgan fingerprint density at radius 2 is 1.59 bits per heavy atom. The van der Waals surface area contributed by atoms with Gasteiger partial charge in [-0.25, -0.2) is 13.2 Å². The van der Waals surface area contributed by atoms with Crippen molar-refractivity contribution < 1.29 is 18.0 Å². The van der Waals surface area contributed by atoms with E-state index in [0.29, 0.717) is 24.3 Å². The van der Waals surface area contributed by atoms with E-state index >= 15 is 0 Å². The van der Waals surface area contributed by atoms with Gasteiger partial charge in [-0.1, -0.05) is 24.3 Å². The molecule has 2 aliphatic rings. The minimum atomic E-state index is -3.83. The fourth-order valence-corrected chi connectivity index (χ4v) is 6.60. The van der Waals surface area contributed by atoms with Crippen LogP contribution in [0.2, 0.25) is 0 Å². The van der Waals surface area contributed by atoms with E-state index in [1.807, 2.05) is 24.3 Å². The molecule has 34 heavy (non-hydrogen) atoms. The highest BCUT2D eigenvalue weighted by Gasteiger charge is 2.32. The Morgan fingerprint density at radius 3 is 2.29 bits per heavy atom. The third-order valence-corrected chi connectivity index (χ3v) is 8.79. The van der Waals surface area contributed by atoms with Crippen LogP contribution in [0.25, 0.3) is 0 Å². The van der Waals surface area contributed by atoms with Crippen LogP contribution in [0.4, 0.5) is 16.2 Å². The summed E-state index contributed by atoms with van der Waals surface area (Å²) >= 11 is 1.09. The number of urea groups is 1. The molecule has 3 N–H and O–H groups in total. The zero-order chi connectivity index (χ0) is 23.7. The lowest BCUT2D eigenvalue weighted by molar-refractivity contribution is 0.102. The largest absolute Gasteiger partial charge is 0.335 e. The maximum Gasteiger partial charge on any atom is 0.319 e. The van der Waals surface area contributed by atoms with E-state index in [9.17, 15) is 18.0 Å². The molecular weight excluding hydrogens is 472 g/mol.